The lowest BCUT2D eigenvalue weighted by Gasteiger charge is -2.35. The van der Waals surface area contributed by atoms with Crippen molar-refractivity contribution < 1.29 is 18.4 Å². The van der Waals surface area contributed by atoms with Gasteiger partial charge in [0.15, 0.2) is 0 Å². The molecular formula is C18H15ClF2N2O2. The number of piperazine rings is 1. The Kier molecular flexibility index (Phi) is 4.99. The average Bonchev–Trinajstić information content (AvgIpc) is 2.61. The Morgan fingerprint density at radius 1 is 0.800 bits per heavy atom. The third-order valence-electron chi connectivity index (χ3n) is 4.11. The summed E-state index contributed by atoms with van der Waals surface area (Å²) in [4.78, 5) is 28.1. The Hall–Kier alpha value is -2.47. The Morgan fingerprint density at radius 2 is 1.32 bits per heavy atom. The first kappa shape index (κ1) is 17.4. The van der Waals surface area contributed by atoms with Gasteiger partial charge < -0.3 is 9.80 Å². The number of amides is 2. The summed E-state index contributed by atoms with van der Waals surface area (Å²) in [6.45, 7) is 1.42. The van der Waals surface area contributed by atoms with Crippen molar-refractivity contribution in [2.24, 2.45) is 0 Å². The number of benzene rings is 2. The van der Waals surface area contributed by atoms with E-state index in [4.69, 9.17) is 11.6 Å². The number of carbonyl (C=O) groups excluding carboxylic acids is 2. The van der Waals surface area contributed by atoms with E-state index in [0.717, 1.165) is 6.07 Å². The largest absolute Gasteiger partial charge is 0.335 e. The van der Waals surface area contributed by atoms with E-state index in [9.17, 15) is 18.4 Å². The van der Waals surface area contributed by atoms with Crippen LogP contribution < -0.4 is 0 Å². The van der Waals surface area contributed by atoms with E-state index < -0.39 is 11.6 Å². The lowest BCUT2D eigenvalue weighted by atomic mass is 10.1. The zero-order valence-electron chi connectivity index (χ0n) is 13.2. The van der Waals surface area contributed by atoms with E-state index in [0.29, 0.717) is 31.7 Å². The van der Waals surface area contributed by atoms with Gasteiger partial charge in [0.25, 0.3) is 11.8 Å². The number of halogens is 3. The van der Waals surface area contributed by atoms with Crippen LogP contribution in [-0.2, 0) is 0 Å². The van der Waals surface area contributed by atoms with Crippen LogP contribution in [0.1, 0.15) is 20.7 Å². The number of nitrogens with zero attached hydrogens (tertiary/aromatic N) is 2. The van der Waals surface area contributed by atoms with E-state index in [2.05, 4.69) is 0 Å². The van der Waals surface area contributed by atoms with E-state index in [-0.39, 0.29) is 22.4 Å². The smallest absolute Gasteiger partial charge is 0.255 e. The number of hydrogen-bond donors (Lipinski definition) is 0. The summed E-state index contributed by atoms with van der Waals surface area (Å²) in [7, 11) is 0. The third-order valence-corrected chi connectivity index (χ3v) is 4.42. The van der Waals surface area contributed by atoms with Gasteiger partial charge in [-0.05, 0) is 42.5 Å². The van der Waals surface area contributed by atoms with Crippen LogP contribution in [-0.4, -0.2) is 47.8 Å². The van der Waals surface area contributed by atoms with E-state index in [1.807, 2.05) is 0 Å². The molecule has 1 heterocycles. The summed E-state index contributed by atoms with van der Waals surface area (Å²) in [5.74, 6) is -1.40. The lowest BCUT2D eigenvalue weighted by Crippen LogP contribution is -2.50. The van der Waals surface area contributed by atoms with Gasteiger partial charge in [0.05, 0.1) is 10.6 Å². The molecule has 7 heteroatoms. The van der Waals surface area contributed by atoms with Gasteiger partial charge in [-0.1, -0.05) is 11.6 Å². The highest BCUT2D eigenvalue weighted by atomic mass is 35.5. The molecule has 0 aromatic heterocycles. The highest BCUT2D eigenvalue weighted by Gasteiger charge is 2.26. The predicted octanol–water partition coefficient (Wildman–Crippen LogP) is 3.22. The fraction of sp³-hybridized carbons (Fsp3) is 0.222. The van der Waals surface area contributed by atoms with Gasteiger partial charge in [-0.25, -0.2) is 8.78 Å². The van der Waals surface area contributed by atoms with Gasteiger partial charge in [0.2, 0.25) is 0 Å². The van der Waals surface area contributed by atoms with Crippen LogP contribution in [0.5, 0.6) is 0 Å². The van der Waals surface area contributed by atoms with Gasteiger partial charge in [0, 0.05) is 31.7 Å². The summed E-state index contributed by atoms with van der Waals surface area (Å²) in [6, 6.07) is 9.00. The fourth-order valence-electron chi connectivity index (χ4n) is 2.72. The monoisotopic (exact) mass is 364 g/mol. The zero-order valence-corrected chi connectivity index (χ0v) is 14.0. The third kappa shape index (κ3) is 3.79. The van der Waals surface area contributed by atoms with Crippen molar-refractivity contribution in [1.82, 2.24) is 9.80 Å². The molecule has 0 spiro atoms. The summed E-state index contributed by atoms with van der Waals surface area (Å²) in [5, 5.41) is 0.0646. The molecule has 1 aliphatic heterocycles. The maximum absolute atomic E-state index is 13.1. The summed E-state index contributed by atoms with van der Waals surface area (Å²) in [6.07, 6.45) is 0. The van der Waals surface area contributed by atoms with Crippen LogP contribution in [0.3, 0.4) is 0 Å². The lowest BCUT2D eigenvalue weighted by molar-refractivity contribution is 0.0535. The van der Waals surface area contributed by atoms with Gasteiger partial charge in [-0.15, -0.1) is 0 Å². The van der Waals surface area contributed by atoms with Crippen LogP contribution in [0, 0.1) is 11.6 Å². The first-order valence-corrected chi connectivity index (χ1v) is 8.12. The highest BCUT2D eigenvalue weighted by molar-refractivity contribution is 6.33. The molecule has 0 atom stereocenters. The van der Waals surface area contributed by atoms with Gasteiger partial charge >= 0.3 is 0 Å². The molecule has 1 fully saturated rings. The minimum atomic E-state index is -0.503. The second-order valence-electron chi connectivity index (χ2n) is 5.72. The molecule has 4 nitrogen and oxygen atoms in total. The molecule has 3 rings (SSSR count). The minimum absolute atomic E-state index is 0.0646. The Balaban J connectivity index is 1.64. The van der Waals surface area contributed by atoms with Gasteiger partial charge in [-0.2, -0.15) is 0 Å². The Morgan fingerprint density at radius 3 is 1.88 bits per heavy atom. The van der Waals surface area contributed by atoms with Crippen molar-refractivity contribution in [3.8, 4) is 0 Å². The van der Waals surface area contributed by atoms with Crippen molar-refractivity contribution in [2.75, 3.05) is 26.2 Å². The molecule has 1 saturated heterocycles. The molecule has 2 aromatic carbocycles. The minimum Gasteiger partial charge on any atom is -0.335 e. The molecule has 0 saturated carbocycles. The Labute approximate surface area is 148 Å². The van der Waals surface area contributed by atoms with Crippen molar-refractivity contribution >= 4 is 23.4 Å². The SMILES string of the molecule is O=C(c1ccc(F)cc1)N1CCN(C(=O)c2ccc(F)cc2Cl)CC1. The topological polar surface area (TPSA) is 40.6 Å². The molecule has 25 heavy (non-hydrogen) atoms. The van der Waals surface area contributed by atoms with Crippen molar-refractivity contribution in [3.63, 3.8) is 0 Å². The van der Waals surface area contributed by atoms with Crippen LogP contribution in [0.15, 0.2) is 42.5 Å². The molecule has 2 aromatic rings. The standard InChI is InChI=1S/C18H15ClF2N2O2/c19-16-11-14(21)5-6-15(16)18(25)23-9-7-22(8-10-23)17(24)12-1-3-13(20)4-2-12/h1-6,11H,7-10H2. The van der Waals surface area contributed by atoms with Gasteiger partial charge in [0.1, 0.15) is 11.6 Å². The van der Waals surface area contributed by atoms with Crippen molar-refractivity contribution in [1.29, 1.82) is 0 Å². The van der Waals surface area contributed by atoms with Crippen LogP contribution in [0.25, 0.3) is 0 Å². The van der Waals surface area contributed by atoms with Crippen molar-refractivity contribution in [2.45, 2.75) is 0 Å². The number of hydrogen-bond acceptors (Lipinski definition) is 2. The Bertz CT molecular complexity index is 803. The predicted molar refractivity (Wildman–Crippen MR) is 89.6 cm³/mol. The molecular weight excluding hydrogens is 350 g/mol. The molecule has 0 N–H and O–H groups in total. The molecule has 0 unspecified atom stereocenters. The van der Waals surface area contributed by atoms with Crippen molar-refractivity contribution in [3.05, 3.63) is 70.2 Å². The van der Waals surface area contributed by atoms with E-state index in [1.165, 1.54) is 36.4 Å². The second-order valence-corrected chi connectivity index (χ2v) is 6.12. The van der Waals surface area contributed by atoms with E-state index in [1.54, 1.807) is 9.80 Å². The van der Waals surface area contributed by atoms with Crippen LogP contribution in [0.2, 0.25) is 5.02 Å². The molecule has 1 aliphatic rings. The van der Waals surface area contributed by atoms with E-state index >= 15 is 0 Å². The highest BCUT2D eigenvalue weighted by Crippen LogP contribution is 2.20. The second kappa shape index (κ2) is 7.19. The normalized spacial score (nSPS) is 14.5. The zero-order chi connectivity index (χ0) is 18.0. The maximum atomic E-state index is 13.1. The maximum Gasteiger partial charge on any atom is 0.255 e. The number of carbonyl (C=O) groups is 2. The first-order valence-electron chi connectivity index (χ1n) is 7.75. The average molecular weight is 365 g/mol. The first-order chi connectivity index (χ1) is 12.0. The molecule has 0 radical (unpaired) electrons. The molecule has 0 bridgehead atoms. The molecule has 2 amide bonds. The van der Waals surface area contributed by atoms with Crippen LogP contribution in [0.4, 0.5) is 8.78 Å². The fourth-order valence-corrected chi connectivity index (χ4v) is 2.97. The molecule has 0 aliphatic carbocycles. The number of rotatable bonds is 2. The summed E-state index contributed by atoms with van der Waals surface area (Å²) in [5.41, 5.74) is 0.643. The molecule has 130 valence electrons. The summed E-state index contributed by atoms with van der Waals surface area (Å²) < 4.78 is 26.1. The summed E-state index contributed by atoms with van der Waals surface area (Å²) >= 11 is 5.93. The quantitative estimate of drug-likeness (QED) is 0.821. The van der Waals surface area contributed by atoms with Crippen LogP contribution >= 0.6 is 11.6 Å². The van der Waals surface area contributed by atoms with Gasteiger partial charge in [-0.3, -0.25) is 9.59 Å².